The molecule has 0 atom stereocenters. The third kappa shape index (κ3) is 3.62. The molecule has 3 fully saturated rings. The van der Waals surface area contributed by atoms with Crippen molar-refractivity contribution in [1.82, 2.24) is 14.5 Å². The topological polar surface area (TPSA) is 77.0 Å². The van der Waals surface area contributed by atoms with Crippen molar-refractivity contribution in [3.8, 4) is 11.3 Å². The number of aliphatic hydroxyl groups excluding tert-OH is 1. The number of pyridine rings is 1. The van der Waals surface area contributed by atoms with Crippen LogP contribution in [0.15, 0.2) is 18.5 Å². The number of nitrogen functional groups attached to an aromatic ring is 1. The van der Waals surface area contributed by atoms with E-state index in [1.54, 1.807) is 6.20 Å². The Morgan fingerprint density at radius 1 is 1.21 bits per heavy atom. The van der Waals surface area contributed by atoms with Gasteiger partial charge in [0.1, 0.15) is 18.2 Å². The first-order chi connectivity index (χ1) is 13.3. The maximum atomic E-state index is 13.1. The summed E-state index contributed by atoms with van der Waals surface area (Å²) in [6, 6.07) is 0.958. The summed E-state index contributed by atoms with van der Waals surface area (Å²) in [5.41, 5.74) is 5.65. The van der Waals surface area contributed by atoms with Crippen LogP contribution in [-0.2, 0) is 19.3 Å². The molecular weight excluding hydrogens is 369 g/mol. The molecule has 2 heterocycles. The van der Waals surface area contributed by atoms with Crippen molar-refractivity contribution in [3.63, 3.8) is 0 Å². The van der Waals surface area contributed by atoms with Gasteiger partial charge in [0.05, 0.1) is 11.3 Å². The molecule has 3 saturated carbocycles. The van der Waals surface area contributed by atoms with Crippen LogP contribution in [0.4, 0.5) is 19.0 Å². The fourth-order valence-electron chi connectivity index (χ4n) is 4.68. The van der Waals surface area contributed by atoms with Crippen molar-refractivity contribution in [2.45, 2.75) is 64.3 Å². The molecule has 2 aromatic rings. The Bertz CT molecular complexity index is 845. The number of halogens is 3. The second-order valence-electron chi connectivity index (χ2n) is 8.34. The summed E-state index contributed by atoms with van der Waals surface area (Å²) in [7, 11) is 0. The Morgan fingerprint density at radius 2 is 1.96 bits per heavy atom. The summed E-state index contributed by atoms with van der Waals surface area (Å²) in [6.45, 7) is 0.423. The van der Waals surface area contributed by atoms with Gasteiger partial charge in [-0.2, -0.15) is 13.2 Å². The van der Waals surface area contributed by atoms with Crippen LogP contribution in [0.3, 0.4) is 0 Å². The molecule has 0 unspecified atom stereocenters. The molecule has 152 valence electrons. The van der Waals surface area contributed by atoms with Gasteiger partial charge < -0.3 is 15.4 Å². The lowest BCUT2D eigenvalue weighted by molar-refractivity contribution is -0.137. The Morgan fingerprint density at radius 3 is 2.57 bits per heavy atom. The van der Waals surface area contributed by atoms with Crippen LogP contribution in [0.5, 0.6) is 0 Å². The van der Waals surface area contributed by atoms with E-state index >= 15 is 0 Å². The number of imidazole rings is 1. The summed E-state index contributed by atoms with van der Waals surface area (Å²) in [5, 5.41) is 9.56. The first kappa shape index (κ1) is 19.2. The van der Waals surface area contributed by atoms with E-state index in [1.807, 2.05) is 4.57 Å². The van der Waals surface area contributed by atoms with Crippen molar-refractivity contribution < 1.29 is 18.3 Å². The van der Waals surface area contributed by atoms with E-state index in [0.29, 0.717) is 23.5 Å². The largest absolute Gasteiger partial charge is 0.419 e. The average Bonchev–Trinajstić information content (AvgIpc) is 2.97. The lowest BCUT2D eigenvalue weighted by atomic mass is 9.43. The smallest absolute Gasteiger partial charge is 0.388 e. The molecule has 0 amide bonds. The fraction of sp³-hybridized carbons (Fsp3) is 0.600. The van der Waals surface area contributed by atoms with Crippen LogP contribution in [0, 0.1) is 11.3 Å². The maximum absolute atomic E-state index is 13.1. The summed E-state index contributed by atoms with van der Waals surface area (Å²) >= 11 is 0. The Balaban J connectivity index is 1.39. The first-order valence-corrected chi connectivity index (χ1v) is 9.80. The minimum absolute atomic E-state index is 0.235. The van der Waals surface area contributed by atoms with E-state index in [1.165, 1.54) is 38.3 Å². The van der Waals surface area contributed by atoms with Crippen molar-refractivity contribution >= 4 is 5.82 Å². The molecule has 8 heteroatoms. The molecule has 0 spiro atoms. The fourth-order valence-corrected chi connectivity index (χ4v) is 4.68. The van der Waals surface area contributed by atoms with E-state index in [4.69, 9.17) is 5.73 Å². The first-order valence-electron chi connectivity index (χ1n) is 9.80. The number of alkyl halides is 3. The number of hydrogen-bond donors (Lipinski definition) is 2. The van der Waals surface area contributed by atoms with Gasteiger partial charge in [0, 0.05) is 24.5 Å². The van der Waals surface area contributed by atoms with Crippen molar-refractivity contribution in [1.29, 1.82) is 0 Å². The zero-order chi connectivity index (χ0) is 19.9. The van der Waals surface area contributed by atoms with Crippen LogP contribution >= 0.6 is 0 Å². The van der Waals surface area contributed by atoms with E-state index in [2.05, 4.69) is 9.97 Å². The third-order valence-electron chi connectivity index (χ3n) is 6.29. The van der Waals surface area contributed by atoms with Crippen molar-refractivity contribution in [3.05, 3.63) is 29.8 Å². The second-order valence-corrected chi connectivity index (χ2v) is 8.34. The number of unbranched alkanes of at least 4 members (excludes halogenated alkanes) is 2. The maximum Gasteiger partial charge on any atom is 0.419 e. The predicted octanol–water partition coefficient (Wildman–Crippen LogP) is 4.40. The molecule has 0 aromatic carbocycles. The summed E-state index contributed by atoms with van der Waals surface area (Å²) in [4.78, 5) is 7.94. The molecule has 2 aromatic heterocycles. The summed E-state index contributed by atoms with van der Waals surface area (Å²) < 4.78 is 41.0. The number of anilines is 1. The standard InChI is InChI=1S/C20H25F3N4O/c21-20(22,23)15-6-14(10-25-18(15)24)16-11-27(17(12-28)26-16)5-3-1-2-4-19-7-13(8-19)9-19/h6,10-11,13,28H,1-5,7-9,12H2,(H2,24,25). The predicted molar refractivity (Wildman–Crippen MR) is 99.0 cm³/mol. The van der Waals surface area contributed by atoms with Gasteiger partial charge >= 0.3 is 6.18 Å². The van der Waals surface area contributed by atoms with E-state index in [-0.39, 0.29) is 12.2 Å². The lowest BCUT2D eigenvalue weighted by Crippen LogP contribution is -2.51. The normalized spacial score (nSPS) is 23.4. The van der Waals surface area contributed by atoms with Gasteiger partial charge in [0.25, 0.3) is 0 Å². The zero-order valence-corrected chi connectivity index (χ0v) is 15.7. The molecule has 0 aliphatic heterocycles. The van der Waals surface area contributed by atoms with Crippen LogP contribution in [-0.4, -0.2) is 19.6 Å². The highest BCUT2D eigenvalue weighted by Gasteiger charge is 2.55. The minimum Gasteiger partial charge on any atom is -0.388 e. The van der Waals surface area contributed by atoms with Gasteiger partial charge in [0.2, 0.25) is 0 Å². The quantitative estimate of drug-likeness (QED) is 0.651. The van der Waals surface area contributed by atoms with Crippen LogP contribution < -0.4 is 5.73 Å². The minimum atomic E-state index is -4.57. The monoisotopic (exact) mass is 394 g/mol. The van der Waals surface area contributed by atoms with E-state index in [9.17, 15) is 18.3 Å². The average molecular weight is 394 g/mol. The van der Waals surface area contributed by atoms with Gasteiger partial charge in [-0.3, -0.25) is 0 Å². The van der Waals surface area contributed by atoms with Crippen molar-refractivity contribution in [2.75, 3.05) is 5.73 Å². The zero-order valence-electron chi connectivity index (χ0n) is 15.7. The number of rotatable bonds is 8. The van der Waals surface area contributed by atoms with Gasteiger partial charge in [0.15, 0.2) is 0 Å². The summed E-state index contributed by atoms with van der Waals surface area (Å²) in [5.74, 6) is 0.902. The number of hydrogen-bond acceptors (Lipinski definition) is 4. The highest BCUT2D eigenvalue weighted by atomic mass is 19.4. The van der Waals surface area contributed by atoms with Gasteiger partial charge in [-0.05, 0) is 49.5 Å². The molecule has 0 saturated heterocycles. The number of aromatic nitrogens is 3. The molecule has 3 aliphatic carbocycles. The molecular formula is C20H25F3N4O. The molecule has 5 rings (SSSR count). The van der Waals surface area contributed by atoms with E-state index < -0.39 is 17.6 Å². The number of aryl methyl sites for hydroxylation is 1. The molecule has 0 radical (unpaired) electrons. The lowest BCUT2D eigenvalue weighted by Gasteiger charge is -2.62. The number of aliphatic hydroxyl groups is 1. The highest BCUT2D eigenvalue weighted by molar-refractivity contribution is 5.62. The van der Waals surface area contributed by atoms with Crippen LogP contribution in [0.2, 0.25) is 0 Å². The van der Waals surface area contributed by atoms with Crippen LogP contribution in [0.25, 0.3) is 11.3 Å². The van der Waals surface area contributed by atoms with E-state index in [0.717, 1.165) is 24.8 Å². The van der Waals surface area contributed by atoms with Gasteiger partial charge in [-0.15, -0.1) is 0 Å². The molecule has 3 aliphatic rings. The third-order valence-corrected chi connectivity index (χ3v) is 6.29. The van der Waals surface area contributed by atoms with Gasteiger partial charge in [-0.25, -0.2) is 9.97 Å². The molecule has 28 heavy (non-hydrogen) atoms. The highest BCUT2D eigenvalue weighted by Crippen LogP contribution is 2.66. The Kier molecular flexibility index (Phi) is 4.85. The second kappa shape index (κ2) is 7.06. The Hall–Kier alpha value is -2.09. The SMILES string of the molecule is Nc1ncc(-c2cn(CCCCCC34CC(C3)C4)c(CO)n2)cc1C(F)(F)F. The van der Waals surface area contributed by atoms with Gasteiger partial charge in [-0.1, -0.05) is 12.8 Å². The number of nitrogens with two attached hydrogens (primary N) is 1. The summed E-state index contributed by atoms with van der Waals surface area (Å²) in [6.07, 6.45) is 7.22. The Labute approximate surface area is 161 Å². The molecule has 5 nitrogen and oxygen atoms in total. The molecule has 2 bridgehead atoms. The van der Waals surface area contributed by atoms with Crippen LogP contribution in [0.1, 0.15) is 56.3 Å². The molecule has 3 N–H and O–H groups in total. The number of nitrogens with zero attached hydrogens (tertiary/aromatic N) is 3. The van der Waals surface area contributed by atoms with Crippen molar-refractivity contribution in [2.24, 2.45) is 11.3 Å².